The van der Waals surface area contributed by atoms with Gasteiger partial charge in [0.2, 0.25) is 5.91 Å². The largest absolute Gasteiger partial charge is 0.406 e. The van der Waals surface area contributed by atoms with Crippen molar-refractivity contribution in [3.63, 3.8) is 0 Å². The first-order chi connectivity index (χ1) is 21.1. The summed E-state index contributed by atoms with van der Waals surface area (Å²) >= 11 is 0. The topological polar surface area (TPSA) is 105 Å². The van der Waals surface area contributed by atoms with Crippen molar-refractivity contribution in [1.29, 1.82) is 0 Å². The van der Waals surface area contributed by atoms with Gasteiger partial charge in [-0.15, -0.1) is 0 Å². The Morgan fingerprint density at radius 1 is 1.07 bits per heavy atom. The van der Waals surface area contributed by atoms with Crippen molar-refractivity contribution < 1.29 is 45.1 Å². The molecule has 1 saturated heterocycles. The fourth-order valence-corrected chi connectivity index (χ4v) is 6.46. The molecule has 0 radical (unpaired) electrons. The maximum Gasteiger partial charge on any atom is 0.406 e. The maximum atomic E-state index is 15.0. The number of carbonyl (C=O) groups excluding carboxylic acids is 3. The molecule has 8 nitrogen and oxygen atoms in total. The number of likely N-dealkylation sites (tertiary alicyclic amines) is 1. The number of halogens is 7. The molecule has 4 heterocycles. The molecule has 45 heavy (non-hydrogen) atoms. The predicted octanol–water partition coefficient (Wildman–Crippen LogP) is 4.88. The first-order valence-corrected chi connectivity index (χ1v) is 13.7. The van der Waals surface area contributed by atoms with Crippen molar-refractivity contribution >= 4 is 29.3 Å². The summed E-state index contributed by atoms with van der Waals surface area (Å²) in [5.74, 6) is -8.77. The summed E-state index contributed by atoms with van der Waals surface area (Å²) in [5, 5.41) is 2.62. The van der Waals surface area contributed by atoms with Crippen LogP contribution in [-0.4, -0.2) is 57.1 Å². The van der Waals surface area contributed by atoms with Gasteiger partial charge in [-0.3, -0.25) is 19.4 Å². The normalized spacial score (nSPS) is 23.5. The van der Waals surface area contributed by atoms with Gasteiger partial charge in [0.15, 0.2) is 11.6 Å². The third-order valence-electron chi connectivity index (χ3n) is 8.72. The van der Waals surface area contributed by atoms with Gasteiger partial charge < -0.3 is 10.2 Å². The van der Waals surface area contributed by atoms with E-state index in [1.165, 1.54) is 19.1 Å². The number of piperidine rings is 1. The zero-order valence-electron chi connectivity index (χ0n) is 23.5. The molecule has 0 unspecified atom stereocenters. The number of aliphatic imine (C=N–C) groups is 1. The fraction of sp³-hybridized carbons (Fsp3) is 0.333. The van der Waals surface area contributed by atoms with E-state index < -0.39 is 88.8 Å². The number of alkyl halides is 3. The Morgan fingerprint density at radius 3 is 2.51 bits per heavy atom. The number of nitrogens with zero attached hydrogens (tertiary/aromatic N) is 4. The SMILES string of the molecule is Cc1c(F)cc(F)c(F)c1[C@@H]1CC(=NC(=O)c2cnc3c(c2)C[C@@]2(C3)C(=O)Nc3ncc(F)cc32)C(=O)N(CC(F)(F)F)[C@@H]1C. The average molecular weight is 634 g/mol. The molecule has 15 heteroatoms. The molecule has 2 aromatic heterocycles. The first-order valence-electron chi connectivity index (χ1n) is 13.7. The van der Waals surface area contributed by atoms with Gasteiger partial charge >= 0.3 is 6.18 Å². The van der Waals surface area contributed by atoms with Crippen LogP contribution < -0.4 is 5.32 Å². The van der Waals surface area contributed by atoms with Gasteiger partial charge in [0.25, 0.3) is 11.8 Å². The van der Waals surface area contributed by atoms with E-state index in [0.29, 0.717) is 27.8 Å². The van der Waals surface area contributed by atoms with Crippen LogP contribution in [0, 0.1) is 30.2 Å². The van der Waals surface area contributed by atoms with Gasteiger partial charge in [0.1, 0.15) is 29.7 Å². The van der Waals surface area contributed by atoms with Crippen LogP contribution in [0.3, 0.4) is 0 Å². The van der Waals surface area contributed by atoms with Crippen LogP contribution in [0.2, 0.25) is 0 Å². The van der Waals surface area contributed by atoms with E-state index in [1.807, 2.05) is 0 Å². The van der Waals surface area contributed by atoms with Crippen LogP contribution in [0.15, 0.2) is 35.6 Å². The number of anilines is 1. The Morgan fingerprint density at radius 2 is 1.80 bits per heavy atom. The highest BCUT2D eigenvalue weighted by atomic mass is 19.4. The average Bonchev–Trinajstić information content (AvgIpc) is 3.48. The lowest BCUT2D eigenvalue weighted by Gasteiger charge is -2.40. The Kier molecular flexibility index (Phi) is 7.04. The Bertz CT molecular complexity index is 1820. The number of hydrogen-bond acceptors (Lipinski definition) is 5. The van der Waals surface area contributed by atoms with E-state index in [1.54, 1.807) is 0 Å². The molecule has 3 atom stereocenters. The van der Waals surface area contributed by atoms with Gasteiger partial charge in [-0.2, -0.15) is 13.2 Å². The Balaban J connectivity index is 1.35. The lowest BCUT2D eigenvalue weighted by Crippen LogP contribution is -2.54. The third-order valence-corrected chi connectivity index (χ3v) is 8.72. The number of hydrogen-bond donors (Lipinski definition) is 1. The van der Waals surface area contributed by atoms with E-state index in [-0.39, 0.29) is 29.8 Å². The van der Waals surface area contributed by atoms with Gasteiger partial charge in [0, 0.05) is 53.9 Å². The first kappa shape index (κ1) is 30.3. The molecule has 2 aliphatic heterocycles. The smallest absolute Gasteiger partial charge is 0.325 e. The minimum atomic E-state index is -4.90. The lowest BCUT2D eigenvalue weighted by atomic mass is 9.79. The monoisotopic (exact) mass is 633 g/mol. The number of aromatic nitrogens is 2. The van der Waals surface area contributed by atoms with Crippen LogP contribution >= 0.6 is 0 Å². The van der Waals surface area contributed by atoms with Crippen molar-refractivity contribution in [1.82, 2.24) is 14.9 Å². The molecule has 3 aliphatic rings. The van der Waals surface area contributed by atoms with E-state index in [9.17, 15) is 45.1 Å². The summed E-state index contributed by atoms with van der Waals surface area (Å²) in [6, 6.07) is 1.50. The van der Waals surface area contributed by atoms with Crippen molar-refractivity contribution in [2.75, 3.05) is 11.9 Å². The highest BCUT2D eigenvalue weighted by molar-refractivity contribution is 6.41. The Hall–Kier alpha value is -4.69. The molecule has 234 valence electrons. The lowest BCUT2D eigenvalue weighted by molar-refractivity contribution is -0.163. The molecule has 0 saturated carbocycles. The van der Waals surface area contributed by atoms with E-state index >= 15 is 0 Å². The molecule has 3 amide bonds. The minimum absolute atomic E-state index is 0.0263. The molecule has 1 aliphatic carbocycles. The van der Waals surface area contributed by atoms with Crippen LogP contribution in [0.5, 0.6) is 0 Å². The van der Waals surface area contributed by atoms with Crippen molar-refractivity contribution in [3.05, 3.63) is 87.4 Å². The second-order valence-electron chi connectivity index (χ2n) is 11.4. The number of amides is 3. The van der Waals surface area contributed by atoms with Crippen LogP contribution in [0.4, 0.5) is 36.6 Å². The van der Waals surface area contributed by atoms with E-state index in [2.05, 4.69) is 20.3 Å². The van der Waals surface area contributed by atoms with Gasteiger partial charge in [0.05, 0.1) is 17.2 Å². The summed E-state index contributed by atoms with van der Waals surface area (Å²) in [7, 11) is 0. The van der Waals surface area contributed by atoms with Crippen molar-refractivity contribution in [3.8, 4) is 0 Å². The predicted molar refractivity (Wildman–Crippen MR) is 144 cm³/mol. The number of rotatable bonds is 3. The summed E-state index contributed by atoms with van der Waals surface area (Å²) in [5.41, 5.74) is -1.78. The number of nitrogens with one attached hydrogen (secondary N) is 1. The van der Waals surface area contributed by atoms with Crippen LogP contribution in [0.1, 0.15) is 57.6 Å². The number of fused-ring (bicyclic) bond motifs is 3. The standard InChI is InChI=1S/C30H22F7N5O3/c1-12-19(32)6-20(33)24(34)23(12)17-5-21(27(44)42(13(17)2)11-30(35,36)37)40-26(43)15-3-14-7-29(8-22(14)38-9-15)18-4-16(31)10-39-25(18)41-28(29)45/h3-4,6,9-10,13,17H,5,7-8,11H2,1-2H3,(H,39,41,45)/t13-,17-,29+/m1/s1. The summed E-state index contributed by atoms with van der Waals surface area (Å²) in [6.45, 7) is 0.535. The Labute approximate surface area is 250 Å². The van der Waals surface area contributed by atoms with Gasteiger partial charge in [-0.1, -0.05) is 0 Å². The molecule has 0 bridgehead atoms. The second-order valence-corrected chi connectivity index (χ2v) is 11.4. The highest BCUT2D eigenvalue weighted by Crippen LogP contribution is 2.46. The molecule has 1 N–H and O–H groups in total. The fourth-order valence-electron chi connectivity index (χ4n) is 6.46. The quantitative estimate of drug-likeness (QED) is 0.327. The summed E-state index contributed by atoms with van der Waals surface area (Å²) < 4.78 is 98.1. The zero-order chi connectivity index (χ0) is 32.6. The molecule has 1 spiro atoms. The van der Waals surface area contributed by atoms with E-state index in [0.717, 1.165) is 19.3 Å². The van der Waals surface area contributed by atoms with Crippen LogP contribution in [0.25, 0.3) is 0 Å². The third kappa shape index (κ3) is 5.03. The number of carbonyl (C=O) groups is 3. The molecule has 6 rings (SSSR count). The number of pyridine rings is 2. The zero-order valence-corrected chi connectivity index (χ0v) is 23.5. The van der Waals surface area contributed by atoms with E-state index in [4.69, 9.17) is 0 Å². The van der Waals surface area contributed by atoms with Crippen molar-refractivity contribution in [2.45, 2.75) is 56.7 Å². The van der Waals surface area contributed by atoms with Gasteiger partial charge in [-0.05, 0) is 43.5 Å². The van der Waals surface area contributed by atoms with Crippen LogP contribution in [-0.2, 0) is 27.8 Å². The molecular formula is C30H22F7N5O3. The minimum Gasteiger partial charge on any atom is -0.325 e. The summed E-state index contributed by atoms with van der Waals surface area (Å²) in [6.07, 6.45) is -3.30. The second kappa shape index (κ2) is 10.4. The summed E-state index contributed by atoms with van der Waals surface area (Å²) in [4.78, 5) is 51.8. The maximum absolute atomic E-state index is 15.0. The molecule has 1 aromatic carbocycles. The van der Waals surface area contributed by atoms with Crippen molar-refractivity contribution in [2.24, 2.45) is 4.99 Å². The molecular weight excluding hydrogens is 611 g/mol. The number of benzene rings is 1. The van der Waals surface area contributed by atoms with Gasteiger partial charge in [-0.25, -0.2) is 27.5 Å². The molecule has 3 aromatic rings. The molecule has 1 fully saturated rings. The highest BCUT2D eigenvalue weighted by Gasteiger charge is 2.52.